The van der Waals surface area contributed by atoms with Crippen molar-refractivity contribution in [2.24, 2.45) is 0 Å². The first-order valence-corrected chi connectivity index (χ1v) is 5.63. The topological polar surface area (TPSA) is 40.6 Å². The summed E-state index contributed by atoms with van der Waals surface area (Å²) in [6.07, 6.45) is 1.22. The van der Waals surface area contributed by atoms with Crippen LogP contribution in [0, 0.1) is 0 Å². The van der Waals surface area contributed by atoms with Crippen LogP contribution in [0.1, 0.15) is 26.7 Å². The molecule has 0 radical (unpaired) electrons. The number of amides is 1. The molecule has 15 heavy (non-hydrogen) atoms. The molecule has 1 aliphatic heterocycles. The fourth-order valence-corrected chi connectivity index (χ4v) is 1.86. The van der Waals surface area contributed by atoms with Crippen molar-refractivity contribution < 1.29 is 9.59 Å². The first kappa shape index (κ1) is 12.2. The van der Waals surface area contributed by atoms with Crippen LogP contribution in [-0.4, -0.2) is 54.2 Å². The van der Waals surface area contributed by atoms with Crippen molar-refractivity contribution in [1.29, 1.82) is 0 Å². The number of Topliss-reactive ketones (excluding diaryl/α,β-unsaturated/α-hetero) is 1. The second kappa shape index (κ2) is 5.85. The molecule has 0 atom stereocenters. The minimum atomic E-state index is -0.0454. The predicted molar refractivity (Wildman–Crippen MR) is 58.6 cm³/mol. The molecule has 1 fully saturated rings. The summed E-state index contributed by atoms with van der Waals surface area (Å²) in [5.41, 5.74) is 0. The van der Waals surface area contributed by atoms with Gasteiger partial charge in [0.15, 0.2) is 0 Å². The van der Waals surface area contributed by atoms with Crippen molar-refractivity contribution >= 4 is 11.7 Å². The van der Waals surface area contributed by atoms with Crippen LogP contribution < -0.4 is 0 Å². The summed E-state index contributed by atoms with van der Waals surface area (Å²) in [7, 11) is 0. The van der Waals surface area contributed by atoms with Crippen molar-refractivity contribution in [3.05, 3.63) is 0 Å². The number of carbonyl (C=O) groups is 2. The molecule has 1 rings (SSSR count). The van der Waals surface area contributed by atoms with Gasteiger partial charge >= 0.3 is 0 Å². The number of nitrogens with zero attached hydrogens (tertiary/aromatic N) is 2. The van der Waals surface area contributed by atoms with E-state index >= 15 is 0 Å². The second-order valence-electron chi connectivity index (χ2n) is 4.10. The average molecular weight is 212 g/mol. The third-order valence-corrected chi connectivity index (χ3v) is 2.67. The van der Waals surface area contributed by atoms with Crippen molar-refractivity contribution in [2.75, 3.05) is 32.7 Å². The molecule has 0 aromatic rings. The molecule has 1 aliphatic rings. The zero-order valence-electron chi connectivity index (χ0n) is 9.66. The lowest BCUT2D eigenvalue weighted by Gasteiger charge is -2.34. The highest BCUT2D eigenvalue weighted by Crippen LogP contribution is 2.04. The molecule has 0 N–H and O–H groups in total. The third kappa shape index (κ3) is 4.00. The van der Waals surface area contributed by atoms with Crippen LogP contribution in [0.15, 0.2) is 0 Å². The molecular weight excluding hydrogens is 192 g/mol. The van der Waals surface area contributed by atoms with Crippen molar-refractivity contribution in [3.8, 4) is 0 Å². The Balaban J connectivity index is 2.30. The molecule has 4 heteroatoms. The van der Waals surface area contributed by atoms with Crippen LogP contribution in [-0.2, 0) is 9.59 Å². The van der Waals surface area contributed by atoms with E-state index in [1.807, 2.05) is 0 Å². The van der Waals surface area contributed by atoms with Crippen molar-refractivity contribution in [3.63, 3.8) is 0 Å². The number of hydrogen-bond acceptors (Lipinski definition) is 3. The molecule has 1 saturated heterocycles. The van der Waals surface area contributed by atoms with E-state index in [1.165, 1.54) is 6.92 Å². The average Bonchev–Trinajstić information content (AvgIpc) is 2.18. The highest BCUT2D eigenvalue weighted by atomic mass is 16.2. The Kier molecular flexibility index (Phi) is 4.75. The van der Waals surface area contributed by atoms with Crippen LogP contribution >= 0.6 is 0 Å². The zero-order valence-corrected chi connectivity index (χ0v) is 9.66. The van der Waals surface area contributed by atoms with Gasteiger partial charge in [-0.05, 0) is 19.9 Å². The highest BCUT2D eigenvalue weighted by molar-refractivity contribution is 5.96. The molecule has 1 amide bonds. The minimum Gasteiger partial charge on any atom is -0.340 e. The lowest BCUT2D eigenvalue weighted by molar-refractivity contribution is -0.136. The molecule has 0 spiro atoms. The quantitative estimate of drug-likeness (QED) is 0.638. The van der Waals surface area contributed by atoms with Crippen molar-refractivity contribution in [2.45, 2.75) is 26.7 Å². The number of carbonyl (C=O) groups excluding carboxylic acids is 2. The second-order valence-corrected chi connectivity index (χ2v) is 4.10. The normalized spacial score (nSPS) is 17.9. The third-order valence-electron chi connectivity index (χ3n) is 2.67. The van der Waals surface area contributed by atoms with Gasteiger partial charge < -0.3 is 4.90 Å². The zero-order chi connectivity index (χ0) is 11.3. The molecule has 0 aromatic heterocycles. The lowest BCUT2D eigenvalue weighted by Crippen LogP contribution is -2.49. The van der Waals surface area contributed by atoms with Gasteiger partial charge in [-0.3, -0.25) is 14.5 Å². The fourth-order valence-electron chi connectivity index (χ4n) is 1.86. The Morgan fingerprint density at radius 1 is 1.13 bits per heavy atom. The van der Waals surface area contributed by atoms with E-state index < -0.39 is 0 Å². The summed E-state index contributed by atoms with van der Waals surface area (Å²) in [6.45, 7) is 8.15. The summed E-state index contributed by atoms with van der Waals surface area (Å²) in [4.78, 5) is 26.5. The van der Waals surface area contributed by atoms with Gasteiger partial charge in [-0.25, -0.2) is 0 Å². The maximum Gasteiger partial charge on any atom is 0.230 e. The predicted octanol–water partition coefficient (Wildman–Crippen LogP) is 0.520. The van der Waals surface area contributed by atoms with E-state index in [0.717, 1.165) is 39.1 Å². The van der Waals surface area contributed by atoms with E-state index in [-0.39, 0.29) is 18.1 Å². The van der Waals surface area contributed by atoms with E-state index in [9.17, 15) is 9.59 Å². The Hall–Kier alpha value is -0.900. The summed E-state index contributed by atoms with van der Waals surface area (Å²) < 4.78 is 0. The first-order valence-electron chi connectivity index (χ1n) is 5.63. The number of hydrogen-bond donors (Lipinski definition) is 0. The molecule has 0 aliphatic carbocycles. The summed E-state index contributed by atoms with van der Waals surface area (Å²) >= 11 is 0. The Morgan fingerprint density at radius 3 is 2.20 bits per heavy atom. The van der Waals surface area contributed by atoms with Crippen LogP contribution in [0.25, 0.3) is 0 Å². The molecule has 0 saturated carbocycles. The Bertz CT molecular complexity index is 233. The van der Waals surface area contributed by atoms with Gasteiger partial charge in [0, 0.05) is 26.2 Å². The van der Waals surface area contributed by atoms with Crippen LogP contribution in [0.3, 0.4) is 0 Å². The fraction of sp³-hybridized carbons (Fsp3) is 0.818. The van der Waals surface area contributed by atoms with Crippen LogP contribution in [0.4, 0.5) is 0 Å². The monoisotopic (exact) mass is 212 g/mol. The van der Waals surface area contributed by atoms with Gasteiger partial charge in [-0.2, -0.15) is 0 Å². The van der Waals surface area contributed by atoms with E-state index in [4.69, 9.17) is 0 Å². The summed E-state index contributed by atoms with van der Waals surface area (Å²) in [6, 6.07) is 0. The van der Waals surface area contributed by atoms with Gasteiger partial charge in [0.2, 0.25) is 5.91 Å². The summed E-state index contributed by atoms with van der Waals surface area (Å²) in [5.74, 6) is -0.0605. The number of rotatable bonds is 4. The Morgan fingerprint density at radius 2 is 1.73 bits per heavy atom. The SMILES string of the molecule is CCCN1CCN(C(=O)CC(C)=O)CC1. The van der Waals surface area contributed by atoms with E-state index in [1.54, 1.807) is 4.90 Å². The van der Waals surface area contributed by atoms with Crippen LogP contribution in [0.2, 0.25) is 0 Å². The van der Waals surface area contributed by atoms with Gasteiger partial charge in [0.25, 0.3) is 0 Å². The van der Waals surface area contributed by atoms with Crippen LogP contribution in [0.5, 0.6) is 0 Å². The van der Waals surface area contributed by atoms with Gasteiger partial charge in [-0.1, -0.05) is 6.92 Å². The lowest BCUT2D eigenvalue weighted by atomic mass is 10.2. The van der Waals surface area contributed by atoms with E-state index in [0.29, 0.717) is 0 Å². The maximum absolute atomic E-state index is 11.6. The minimum absolute atomic E-state index is 0.0151. The standard InChI is InChI=1S/C11H20N2O2/c1-3-4-12-5-7-13(8-6-12)11(15)9-10(2)14/h3-9H2,1-2H3. The molecule has 0 bridgehead atoms. The summed E-state index contributed by atoms with van der Waals surface area (Å²) in [5, 5.41) is 0. The number of ketones is 1. The van der Waals surface area contributed by atoms with Gasteiger partial charge in [-0.15, -0.1) is 0 Å². The largest absolute Gasteiger partial charge is 0.340 e. The van der Waals surface area contributed by atoms with E-state index in [2.05, 4.69) is 11.8 Å². The van der Waals surface area contributed by atoms with Gasteiger partial charge in [0.05, 0.1) is 6.42 Å². The number of piperazine rings is 1. The maximum atomic E-state index is 11.6. The molecule has 86 valence electrons. The highest BCUT2D eigenvalue weighted by Gasteiger charge is 2.20. The molecule has 0 aromatic carbocycles. The first-order chi connectivity index (χ1) is 7.13. The van der Waals surface area contributed by atoms with Crippen molar-refractivity contribution in [1.82, 2.24) is 9.80 Å². The Labute approximate surface area is 91.2 Å². The molecule has 1 heterocycles. The molecular formula is C11H20N2O2. The molecule has 0 unspecified atom stereocenters. The molecule has 4 nitrogen and oxygen atoms in total. The van der Waals surface area contributed by atoms with Gasteiger partial charge in [0.1, 0.15) is 5.78 Å². The smallest absolute Gasteiger partial charge is 0.230 e.